The van der Waals surface area contributed by atoms with Crippen LogP contribution in [0.2, 0.25) is 0 Å². The summed E-state index contributed by atoms with van der Waals surface area (Å²) < 4.78 is 46.5. The number of hydrogen-bond acceptors (Lipinski definition) is 8. The topological polar surface area (TPSA) is 144 Å². The summed E-state index contributed by atoms with van der Waals surface area (Å²) in [7, 11) is 1.27. The molecule has 0 atom stereocenters. The highest BCUT2D eigenvalue weighted by Crippen LogP contribution is 2.38. The number of methoxy groups -OCH3 is 1. The van der Waals surface area contributed by atoms with Crippen LogP contribution in [0.15, 0.2) is 31.0 Å². The smallest absolute Gasteiger partial charge is 0.433 e. The molecule has 4 heterocycles. The number of halogens is 3. The molecule has 178 valence electrons. The molecule has 1 amide bonds. The molecule has 0 aliphatic heterocycles. The molecule has 14 heteroatoms. The number of aromatic nitrogens is 7. The largest absolute Gasteiger partial charge is 0.494 e. The first-order chi connectivity index (χ1) is 16.0. The maximum Gasteiger partial charge on any atom is 0.433 e. The molecule has 0 aliphatic rings. The molecule has 3 N–H and O–H groups in total. The minimum atomic E-state index is -4.71. The van der Waals surface area contributed by atoms with E-state index in [9.17, 15) is 23.1 Å². The van der Waals surface area contributed by atoms with Crippen LogP contribution in [-0.4, -0.2) is 58.7 Å². The third-order valence-electron chi connectivity index (χ3n) is 4.63. The Morgan fingerprint density at radius 3 is 2.71 bits per heavy atom. The molecule has 0 fully saturated rings. The fourth-order valence-electron chi connectivity index (χ4n) is 3.24. The van der Waals surface area contributed by atoms with E-state index in [4.69, 9.17) is 4.74 Å². The molecule has 11 nitrogen and oxygen atoms in total. The van der Waals surface area contributed by atoms with Crippen molar-refractivity contribution in [2.45, 2.75) is 32.2 Å². The molecule has 34 heavy (non-hydrogen) atoms. The lowest BCUT2D eigenvalue weighted by Crippen LogP contribution is -2.26. The summed E-state index contributed by atoms with van der Waals surface area (Å²) in [4.78, 5) is 24.3. The number of rotatable bonds is 6. The van der Waals surface area contributed by atoms with E-state index in [-0.39, 0.29) is 40.4 Å². The molecule has 4 aromatic rings. The first-order valence-electron chi connectivity index (χ1n) is 9.83. The van der Waals surface area contributed by atoms with E-state index in [1.54, 1.807) is 0 Å². The summed E-state index contributed by atoms with van der Waals surface area (Å²) in [6, 6.07) is 0.780. The van der Waals surface area contributed by atoms with Gasteiger partial charge >= 0.3 is 6.18 Å². The summed E-state index contributed by atoms with van der Waals surface area (Å²) in [5, 5.41) is 23.7. The van der Waals surface area contributed by atoms with Crippen LogP contribution in [0.1, 0.15) is 30.0 Å². The highest BCUT2D eigenvalue weighted by atomic mass is 19.4. The number of nitrogens with one attached hydrogen (secondary N) is 2. The Kier molecular flexibility index (Phi) is 5.69. The number of aliphatic hydroxyl groups is 1. The number of anilines is 1. The number of alkyl halides is 3. The van der Waals surface area contributed by atoms with Crippen LogP contribution in [0.5, 0.6) is 5.75 Å². The number of carbonyl (C=O) groups is 1. The molecule has 0 saturated carbocycles. The average molecular weight is 476 g/mol. The van der Waals surface area contributed by atoms with Crippen molar-refractivity contribution in [2.75, 3.05) is 12.4 Å². The van der Waals surface area contributed by atoms with Gasteiger partial charge in [0.05, 0.1) is 37.3 Å². The number of hydrogen-bond donors (Lipinski definition) is 3. The van der Waals surface area contributed by atoms with Crippen LogP contribution in [0.3, 0.4) is 0 Å². The SMILES string of the molecule is COc1cnc(C(F)(F)F)cc1-c1nn(CC(C)(C)O)cc1NC(=O)c1n[nH]c2cncnc12. The van der Waals surface area contributed by atoms with Crippen LogP contribution in [0.4, 0.5) is 18.9 Å². The Bertz CT molecular complexity index is 1360. The van der Waals surface area contributed by atoms with E-state index in [0.717, 1.165) is 12.3 Å². The number of aromatic amines is 1. The fourth-order valence-corrected chi connectivity index (χ4v) is 3.24. The Morgan fingerprint density at radius 1 is 1.26 bits per heavy atom. The number of H-pyrrole nitrogens is 1. The van der Waals surface area contributed by atoms with Gasteiger partial charge in [0.2, 0.25) is 0 Å². The van der Waals surface area contributed by atoms with E-state index in [2.05, 4.69) is 35.6 Å². The monoisotopic (exact) mass is 476 g/mol. The van der Waals surface area contributed by atoms with Gasteiger partial charge in [-0.05, 0) is 19.9 Å². The standard InChI is InChI=1S/C20H19F3N8O3/c1-19(2,33)8-31-7-12(27-18(32)17-16-11(28-29-17)5-24-9-26-16)15(30-31)10-4-14(20(21,22)23)25-6-13(10)34-3/h4-7,9,33H,8H2,1-3H3,(H,27,32)(H,28,29). The van der Waals surface area contributed by atoms with Crippen molar-refractivity contribution in [3.05, 3.63) is 42.4 Å². The van der Waals surface area contributed by atoms with Gasteiger partial charge in [-0.25, -0.2) is 15.0 Å². The zero-order valence-corrected chi connectivity index (χ0v) is 18.2. The van der Waals surface area contributed by atoms with Gasteiger partial charge in [0.15, 0.2) is 5.69 Å². The molecule has 0 bridgehead atoms. The second-order valence-electron chi connectivity index (χ2n) is 7.98. The van der Waals surface area contributed by atoms with E-state index in [0.29, 0.717) is 5.52 Å². The van der Waals surface area contributed by atoms with Crippen molar-refractivity contribution in [3.63, 3.8) is 0 Å². The molecular weight excluding hydrogens is 457 g/mol. The minimum Gasteiger partial charge on any atom is -0.494 e. The van der Waals surface area contributed by atoms with Crippen LogP contribution in [0.25, 0.3) is 22.3 Å². The zero-order valence-electron chi connectivity index (χ0n) is 18.2. The summed E-state index contributed by atoms with van der Waals surface area (Å²) >= 11 is 0. The first kappa shape index (κ1) is 23.1. The van der Waals surface area contributed by atoms with Gasteiger partial charge in [0.1, 0.15) is 34.5 Å². The lowest BCUT2D eigenvalue weighted by Gasteiger charge is -2.16. The van der Waals surface area contributed by atoms with Crippen LogP contribution < -0.4 is 10.1 Å². The summed E-state index contributed by atoms with van der Waals surface area (Å²) in [5.41, 5.74) is -1.71. The van der Waals surface area contributed by atoms with Gasteiger partial charge in [0.25, 0.3) is 5.91 Å². The van der Waals surface area contributed by atoms with E-state index in [1.165, 1.54) is 44.4 Å². The molecule has 0 aromatic carbocycles. The number of pyridine rings is 1. The van der Waals surface area contributed by atoms with Gasteiger partial charge in [0, 0.05) is 11.8 Å². The zero-order chi connectivity index (χ0) is 24.7. The Morgan fingerprint density at radius 2 is 2.03 bits per heavy atom. The Balaban J connectivity index is 1.81. The number of carbonyl (C=O) groups excluding carboxylic acids is 1. The predicted molar refractivity (Wildman–Crippen MR) is 113 cm³/mol. The third kappa shape index (κ3) is 4.66. The highest BCUT2D eigenvalue weighted by Gasteiger charge is 2.34. The van der Waals surface area contributed by atoms with Crippen molar-refractivity contribution < 1.29 is 27.8 Å². The second kappa shape index (κ2) is 8.37. The summed E-state index contributed by atoms with van der Waals surface area (Å²) in [5.74, 6) is -0.673. The maximum atomic E-state index is 13.3. The van der Waals surface area contributed by atoms with Gasteiger partial charge in [-0.3, -0.25) is 14.6 Å². The van der Waals surface area contributed by atoms with Crippen molar-refractivity contribution in [2.24, 2.45) is 0 Å². The first-order valence-corrected chi connectivity index (χ1v) is 9.83. The molecular formula is C20H19F3N8O3. The van der Waals surface area contributed by atoms with Crippen molar-refractivity contribution in [3.8, 4) is 17.0 Å². The Hall–Kier alpha value is -4.07. The maximum absolute atomic E-state index is 13.3. The van der Waals surface area contributed by atoms with Crippen molar-refractivity contribution in [1.29, 1.82) is 0 Å². The van der Waals surface area contributed by atoms with E-state index < -0.39 is 23.4 Å². The number of ether oxygens (including phenoxy) is 1. The van der Waals surface area contributed by atoms with Crippen LogP contribution in [0, 0.1) is 0 Å². The molecule has 0 radical (unpaired) electrons. The van der Waals surface area contributed by atoms with Crippen LogP contribution >= 0.6 is 0 Å². The third-order valence-corrected chi connectivity index (χ3v) is 4.63. The summed E-state index contributed by atoms with van der Waals surface area (Å²) in [6.45, 7) is 3.07. The highest BCUT2D eigenvalue weighted by molar-refractivity contribution is 6.11. The van der Waals surface area contributed by atoms with Crippen LogP contribution in [-0.2, 0) is 12.7 Å². The van der Waals surface area contributed by atoms with Gasteiger partial charge < -0.3 is 15.2 Å². The quantitative estimate of drug-likeness (QED) is 0.385. The van der Waals surface area contributed by atoms with Gasteiger partial charge in [-0.2, -0.15) is 23.4 Å². The lowest BCUT2D eigenvalue weighted by atomic mass is 10.1. The number of amides is 1. The normalized spacial score (nSPS) is 12.2. The Labute approximate surface area is 190 Å². The molecule has 0 saturated heterocycles. The van der Waals surface area contributed by atoms with Crippen molar-refractivity contribution in [1.82, 2.24) is 34.9 Å². The molecule has 0 unspecified atom stereocenters. The van der Waals surface area contributed by atoms with Gasteiger partial charge in [-0.15, -0.1) is 0 Å². The van der Waals surface area contributed by atoms with Gasteiger partial charge in [-0.1, -0.05) is 0 Å². The van der Waals surface area contributed by atoms with Crippen molar-refractivity contribution >= 4 is 22.6 Å². The number of fused-ring (bicyclic) bond motifs is 1. The molecule has 4 aromatic heterocycles. The van der Waals surface area contributed by atoms with E-state index in [1.807, 2.05) is 0 Å². The second-order valence-corrected chi connectivity index (χ2v) is 7.98. The number of nitrogens with zero attached hydrogens (tertiary/aromatic N) is 6. The molecule has 0 spiro atoms. The minimum absolute atomic E-state index is 0.00599. The predicted octanol–water partition coefficient (Wildman–Crippen LogP) is 2.66. The lowest BCUT2D eigenvalue weighted by molar-refractivity contribution is -0.141. The summed E-state index contributed by atoms with van der Waals surface area (Å²) in [6.07, 6.45) is 0.300. The average Bonchev–Trinajstić information content (AvgIpc) is 3.35. The molecule has 4 rings (SSSR count). The van der Waals surface area contributed by atoms with E-state index >= 15 is 0 Å². The fraction of sp³-hybridized carbons (Fsp3) is 0.300. The molecule has 0 aliphatic carbocycles.